The lowest BCUT2D eigenvalue weighted by atomic mass is 9.96. The number of carbonyl (C=O) groups is 1. The van der Waals surface area contributed by atoms with Crippen LogP contribution in [0.2, 0.25) is 0 Å². The van der Waals surface area contributed by atoms with Crippen LogP contribution in [0.4, 0.5) is 0 Å². The summed E-state index contributed by atoms with van der Waals surface area (Å²) >= 11 is 0. The van der Waals surface area contributed by atoms with E-state index in [4.69, 9.17) is 9.97 Å². The number of H-pyrrole nitrogens is 2. The number of imidazole rings is 2. The number of aromatic nitrogens is 4. The molecule has 0 saturated carbocycles. The average Bonchev–Trinajstić information content (AvgIpc) is 3.35. The molecule has 0 radical (unpaired) electrons. The number of aromatic amines is 2. The van der Waals surface area contributed by atoms with E-state index >= 15 is 0 Å². The van der Waals surface area contributed by atoms with Gasteiger partial charge in [0, 0.05) is 13.0 Å². The fraction of sp³-hybridized carbons (Fsp3) is 0.318. The predicted molar refractivity (Wildman–Crippen MR) is 111 cm³/mol. The van der Waals surface area contributed by atoms with Gasteiger partial charge in [-0.05, 0) is 43.7 Å². The van der Waals surface area contributed by atoms with E-state index in [1.807, 2.05) is 48.5 Å². The molecule has 1 aliphatic rings. The van der Waals surface area contributed by atoms with Crippen molar-refractivity contribution in [1.29, 1.82) is 0 Å². The normalized spacial score (nSPS) is 19.0. The fourth-order valence-corrected chi connectivity index (χ4v) is 4.31. The summed E-state index contributed by atoms with van der Waals surface area (Å²) in [5.41, 5.74) is 3.86. The van der Waals surface area contributed by atoms with Crippen LogP contribution in [0.3, 0.4) is 0 Å². The summed E-state index contributed by atoms with van der Waals surface area (Å²) in [6.07, 6.45) is 2.23. The summed E-state index contributed by atoms with van der Waals surface area (Å²) in [5.74, 6) is 0.680. The summed E-state index contributed by atoms with van der Waals surface area (Å²) in [5, 5.41) is 9.54. The highest BCUT2D eigenvalue weighted by Gasteiger charge is 2.32. The lowest BCUT2D eigenvalue weighted by Gasteiger charge is -2.35. The van der Waals surface area contributed by atoms with Gasteiger partial charge in [0.1, 0.15) is 11.6 Å². The van der Waals surface area contributed by atoms with Crippen LogP contribution in [-0.4, -0.2) is 49.0 Å². The Morgan fingerprint density at radius 2 is 1.76 bits per heavy atom. The van der Waals surface area contributed by atoms with E-state index in [9.17, 15) is 9.90 Å². The first kappa shape index (κ1) is 17.9. The number of para-hydroxylation sites is 4. The molecule has 0 aliphatic carbocycles. The van der Waals surface area contributed by atoms with E-state index in [1.165, 1.54) is 0 Å². The lowest BCUT2D eigenvalue weighted by Crippen LogP contribution is -2.42. The summed E-state index contributed by atoms with van der Waals surface area (Å²) < 4.78 is 0. The third-order valence-electron chi connectivity index (χ3n) is 5.79. The molecule has 3 N–H and O–H groups in total. The van der Waals surface area contributed by atoms with Crippen LogP contribution in [0.25, 0.3) is 22.1 Å². The monoisotopic (exact) mass is 389 g/mol. The van der Waals surface area contributed by atoms with Crippen LogP contribution in [0, 0.1) is 5.92 Å². The molecule has 4 aromatic rings. The Hall–Kier alpha value is -3.19. The fourth-order valence-electron chi connectivity index (χ4n) is 4.31. The van der Waals surface area contributed by atoms with Gasteiger partial charge in [-0.2, -0.15) is 0 Å². The van der Waals surface area contributed by atoms with Gasteiger partial charge < -0.3 is 15.1 Å². The molecular formula is C22H23N5O2. The van der Waals surface area contributed by atoms with Gasteiger partial charge in [-0.15, -0.1) is 0 Å². The van der Waals surface area contributed by atoms with Gasteiger partial charge >= 0.3 is 5.97 Å². The molecule has 2 unspecified atom stereocenters. The number of rotatable bonds is 5. The van der Waals surface area contributed by atoms with Gasteiger partial charge in [-0.25, -0.2) is 9.97 Å². The molecule has 2 aromatic carbocycles. The molecular weight excluding hydrogens is 366 g/mol. The molecule has 2 atom stereocenters. The van der Waals surface area contributed by atoms with Crippen LogP contribution in [0.15, 0.2) is 48.5 Å². The quantitative estimate of drug-likeness (QED) is 0.485. The number of fused-ring (bicyclic) bond motifs is 2. The standard InChI is InChI=1S/C22H23N5O2/c28-22(29)14-6-5-11-27(13-14)19(21-25-17-9-3-4-10-18(17)26-21)12-20-23-15-7-1-2-8-16(15)24-20/h1-4,7-10,14,19H,5-6,11-13H2,(H,23,24)(H,25,26)(H,28,29). The zero-order valence-electron chi connectivity index (χ0n) is 16.0. The summed E-state index contributed by atoms with van der Waals surface area (Å²) in [4.78, 5) is 30.3. The smallest absolute Gasteiger partial charge is 0.307 e. The number of piperidine rings is 1. The van der Waals surface area contributed by atoms with E-state index in [-0.39, 0.29) is 12.0 Å². The van der Waals surface area contributed by atoms with Crippen molar-refractivity contribution in [3.05, 3.63) is 60.2 Å². The average molecular weight is 389 g/mol. The largest absolute Gasteiger partial charge is 0.481 e. The number of likely N-dealkylation sites (tertiary alicyclic amines) is 1. The minimum atomic E-state index is -0.721. The molecule has 5 rings (SSSR count). The first-order valence-electron chi connectivity index (χ1n) is 10.0. The Bertz CT molecular complexity index is 1100. The summed E-state index contributed by atoms with van der Waals surface area (Å²) in [6, 6.07) is 15.9. The molecule has 7 nitrogen and oxygen atoms in total. The molecule has 29 heavy (non-hydrogen) atoms. The lowest BCUT2D eigenvalue weighted by molar-refractivity contribution is -0.144. The number of hydrogen-bond donors (Lipinski definition) is 3. The molecule has 1 fully saturated rings. The number of carboxylic acids is 1. The van der Waals surface area contributed by atoms with Crippen molar-refractivity contribution in [1.82, 2.24) is 24.8 Å². The highest BCUT2D eigenvalue weighted by atomic mass is 16.4. The highest BCUT2D eigenvalue weighted by molar-refractivity contribution is 5.75. The Kier molecular flexibility index (Phi) is 4.52. The van der Waals surface area contributed by atoms with Crippen LogP contribution in [-0.2, 0) is 11.2 Å². The maximum atomic E-state index is 11.6. The SMILES string of the molecule is O=C(O)C1CCCN(C(Cc2nc3ccccc3[nH]2)c2nc3ccccc3[nH]2)C1. The number of carboxylic acid groups (broad SMARTS) is 1. The van der Waals surface area contributed by atoms with Gasteiger partial charge in [0.2, 0.25) is 0 Å². The van der Waals surface area contributed by atoms with Gasteiger partial charge in [-0.1, -0.05) is 24.3 Å². The van der Waals surface area contributed by atoms with Crippen molar-refractivity contribution in [2.75, 3.05) is 13.1 Å². The third-order valence-corrected chi connectivity index (χ3v) is 5.79. The number of nitrogens with zero attached hydrogens (tertiary/aromatic N) is 3. The number of nitrogens with one attached hydrogen (secondary N) is 2. The minimum absolute atomic E-state index is 0.0647. The van der Waals surface area contributed by atoms with E-state index in [0.717, 1.165) is 53.1 Å². The number of hydrogen-bond acceptors (Lipinski definition) is 4. The molecule has 2 aromatic heterocycles. The second kappa shape index (κ2) is 7.33. The van der Waals surface area contributed by atoms with Crippen molar-refractivity contribution in [2.24, 2.45) is 5.92 Å². The second-order valence-electron chi connectivity index (χ2n) is 7.73. The van der Waals surface area contributed by atoms with Crippen molar-refractivity contribution < 1.29 is 9.90 Å². The summed E-state index contributed by atoms with van der Waals surface area (Å²) in [7, 11) is 0. The Morgan fingerprint density at radius 3 is 2.45 bits per heavy atom. The predicted octanol–water partition coefficient (Wildman–Crippen LogP) is 3.52. The highest BCUT2D eigenvalue weighted by Crippen LogP contribution is 2.30. The van der Waals surface area contributed by atoms with Gasteiger partial charge in [0.25, 0.3) is 0 Å². The molecule has 7 heteroatoms. The molecule has 1 saturated heterocycles. The zero-order valence-corrected chi connectivity index (χ0v) is 16.0. The van der Waals surface area contributed by atoms with Crippen LogP contribution < -0.4 is 0 Å². The molecule has 3 heterocycles. The van der Waals surface area contributed by atoms with E-state index in [1.54, 1.807) is 0 Å². The maximum absolute atomic E-state index is 11.6. The van der Waals surface area contributed by atoms with Gasteiger partial charge in [-0.3, -0.25) is 9.69 Å². The zero-order chi connectivity index (χ0) is 19.8. The van der Waals surface area contributed by atoms with Crippen molar-refractivity contribution in [3.8, 4) is 0 Å². The Balaban J connectivity index is 1.51. The van der Waals surface area contributed by atoms with E-state index in [0.29, 0.717) is 13.0 Å². The first-order chi connectivity index (χ1) is 14.2. The second-order valence-corrected chi connectivity index (χ2v) is 7.73. The maximum Gasteiger partial charge on any atom is 0.307 e. The topological polar surface area (TPSA) is 97.9 Å². The molecule has 148 valence electrons. The van der Waals surface area contributed by atoms with Gasteiger partial charge in [0.05, 0.1) is 34.0 Å². The van der Waals surface area contributed by atoms with Crippen LogP contribution >= 0.6 is 0 Å². The minimum Gasteiger partial charge on any atom is -0.481 e. The first-order valence-corrected chi connectivity index (χ1v) is 10.0. The van der Waals surface area contributed by atoms with E-state index < -0.39 is 5.97 Å². The number of aliphatic carboxylic acids is 1. The Morgan fingerprint density at radius 1 is 1.07 bits per heavy atom. The van der Waals surface area contributed by atoms with Crippen molar-refractivity contribution in [3.63, 3.8) is 0 Å². The van der Waals surface area contributed by atoms with Crippen molar-refractivity contribution >= 4 is 28.0 Å². The third kappa shape index (κ3) is 3.49. The number of benzene rings is 2. The molecule has 0 bridgehead atoms. The molecule has 0 amide bonds. The van der Waals surface area contributed by atoms with Gasteiger partial charge in [0.15, 0.2) is 0 Å². The van der Waals surface area contributed by atoms with Crippen LogP contribution in [0.1, 0.15) is 30.5 Å². The molecule has 0 spiro atoms. The summed E-state index contributed by atoms with van der Waals surface area (Å²) in [6.45, 7) is 1.38. The van der Waals surface area contributed by atoms with Crippen molar-refractivity contribution in [2.45, 2.75) is 25.3 Å². The Labute approximate surface area is 167 Å². The van der Waals surface area contributed by atoms with Crippen LogP contribution in [0.5, 0.6) is 0 Å². The van der Waals surface area contributed by atoms with E-state index in [2.05, 4.69) is 14.9 Å². The molecule has 1 aliphatic heterocycles.